The first kappa shape index (κ1) is 16.4. The molecule has 52 valence electrons. The van der Waals surface area contributed by atoms with Crippen molar-refractivity contribution in [3.05, 3.63) is 0 Å². The summed E-state index contributed by atoms with van der Waals surface area (Å²) in [7, 11) is 0. The molecule has 0 aromatic rings. The fraction of sp³-hybridized carbons (Fsp3) is 0. The third-order valence-electron chi connectivity index (χ3n) is 0. The maximum absolute atomic E-state index is 8.54. The summed E-state index contributed by atoms with van der Waals surface area (Å²) >= 11 is -7.58. The SMILES string of the molecule is O=[Se]([O-])[O-].O=[Se]([O-])[O-].[Si+4]. The summed E-state index contributed by atoms with van der Waals surface area (Å²) < 4.78 is 51.2. The van der Waals surface area contributed by atoms with E-state index in [1.54, 1.807) is 0 Å². The minimum absolute atomic E-state index is 0. The van der Waals surface area contributed by atoms with Crippen LogP contribution in [0.25, 0.3) is 0 Å². The van der Waals surface area contributed by atoms with Crippen molar-refractivity contribution in [2.75, 3.05) is 0 Å². The van der Waals surface area contributed by atoms with Crippen LogP contribution in [0, 0.1) is 0 Å². The van der Waals surface area contributed by atoms with E-state index in [-0.39, 0.29) is 11.0 Å². The Morgan fingerprint density at radius 3 is 0.778 bits per heavy atom. The van der Waals surface area contributed by atoms with Gasteiger partial charge in [0.1, 0.15) is 0 Å². The fourth-order valence-electron chi connectivity index (χ4n) is 0. The Bertz CT molecular complexity index is 69.1. The molecule has 0 bridgehead atoms. The minimum atomic E-state index is -3.79. The molecule has 0 amide bonds. The molecule has 0 fully saturated rings. The first-order valence-corrected chi connectivity index (χ1v) is 5.20. The molecule has 0 saturated heterocycles. The van der Waals surface area contributed by atoms with Gasteiger partial charge < -0.3 is 0 Å². The van der Waals surface area contributed by atoms with Gasteiger partial charge in [-0.05, 0) is 0 Å². The first-order valence-electron chi connectivity index (χ1n) is 1.00. The van der Waals surface area contributed by atoms with Gasteiger partial charge in [0, 0.05) is 0 Å². The van der Waals surface area contributed by atoms with Crippen LogP contribution in [0.3, 0.4) is 0 Å². The molecule has 9 heavy (non-hydrogen) atoms. The summed E-state index contributed by atoms with van der Waals surface area (Å²) in [5, 5.41) is 0. The molecule has 0 aromatic heterocycles. The number of rotatable bonds is 0. The Hall–Kier alpha value is 0.696. The summed E-state index contributed by atoms with van der Waals surface area (Å²) in [5.41, 5.74) is 0. The van der Waals surface area contributed by atoms with Crippen LogP contribution in [0.15, 0.2) is 0 Å². The maximum Gasteiger partial charge on any atom is 4.00 e. The van der Waals surface area contributed by atoms with Crippen LogP contribution in [-0.2, 0) is 7.67 Å². The summed E-state index contributed by atoms with van der Waals surface area (Å²) in [4.78, 5) is 0. The van der Waals surface area contributed by atoms with Crippen LogP contribution in [0.4, 0.5) is 0 Å². The van der Waals surface area contributed by atoms with Gasteiger partial charge in [0.05, 0.1) is 0 Å². The van der Waals surface area contributed by atoms with Crippen LogP contribution < -0.4 is 16.8 Å². The Balaban J connectivity index is -0.0000000720. The van der Waals surface area contributed by atoms with E-state index < -0.39 is 29.0 Å². The maximum atomic E-state index is 8.54. The molecule has 9 heteroatoms. The molecular formula is O6Se2Si. The van der Waals surface area contributed by atoms with Crippen molar-refractivity contribution in [2.45, 2.75) is 0 Å². The molecule has 0 aliphatic carbocycles. The zero-order valence-corrected chi connectivity index (χ0v) is 8.19. The van der Waals surface area contributed by atoms with Crippen LogP contribution in [0.1, 0.15) is 0 Å². The molecule has 0 radical (unpaired) electrons. The summed E-state index contributed by atoms with van der Waals surface area (Å²) in [5.74, 6) is 0. The zero-order chi connectivity index (χ0) is 7.15. The third-order valence-corrected chi connectivity index (χ3v) is 0. The Morgan fingerprint density at radius 1 is 0.778 bits per heavy atom. The average Bonchev–Trinajstić information content (AvgIpc) is 1.25. The largest absolute Gasteiger partial charge is 4.00 e. The van der Waals surface area contributed by atoms with Gasteiger partial charge >= 0.3 is 64.4 Å². The van der Waals surface area contributed by atoms with Gasteiger partial charge in [0.2, 0.25) is 0 Å². The smallest absolute Gasteiger partial charge is 4.00 e. The fourth-order valence-corrected chi connectivity index (χ4v) is 0. The molecule has 0 unspecified atom stereocenters. The molecule has 0 aromatic carbocycles. The Labute approximate surface area is 64.6 Å². The van der Waals surface area contributed by atoms with E-state index in [2.05, 4.69) is 0 Å². The topological polar surface area (TPSA) is 126 Å². The van der Waals surface area contributed by atoms with Crippen molar-refractivity contribution in [1.29, 1.82) is 0 Å². The molecule has 0 N–H and O–H groups in total. The molecule has 0 aliphatic heterocycles. The monoisotopic (exact) mass is 284 g/mol. The van der Waals surface area contributed by atoms with Gasteiger partial charge in [0.25, 0.3) is 0 Å². The van der Waals surface area contributed by atoms with E-state index in [4.69, 9.17) is 24.4 Å². The zero-order valence-electron chi connectivity index (χ0n) is 3.77. The van der Waals surface area contributed by atoms with Crippen molar-refractivity contribution < 1.29 is 24.4 Å². The second-order valence-corrected chi connectivity index (χ2v) is 2.12. The van der Waals surface area contributed by atoms with Crippen molar-refractivity contribution in [3.8, 4) is 0 Å². The van der Waals surface area contributed by atoms with Gasteiger partial charge in [-0.1, -0.05) is 0 Å². The molecule has 0 saturated carbocycles. The van der Waals surface area contributed by atoms with Gasteiger partial charge in [-0.25, -0.2) is 0 Å². The van der Waals surface area contributed by atoms with E-state index in [9.17, 15) is 0 Å². The minimum Gasteiger partial charge on any atom is 4.00 e. The summed E-state index contributed by atoms with van der Waals surface area (Å²) in [6.07, 6.45) is 0. The van der Waals surface area contributed by atoms with Crippen molar-refractivity contribution >= 4 is 40.0 Å². The normalized spacial score (nSPS) is 7.78. The van der Waals surface area contributed by atoms with Crippen LogP contribution >= 0.6 is 0 Å². The predicted octanol–water partition coefficient (Wildman–Crippen LogP) is -6.14. The second-order valence-electron chi connectivity index (χ2n) is 0.408. The van der Waals surface area contributed by atoms with Crippen LogP contribution in [-0.4, -0.2) is 40.0 Å². The molecule has 0 atom stereocenters. The molecule has 0 heterocycles. The average molecular weight is 282 g/mol. The van der Waals surface area contributed by atoms with E-state index >= 15 is 0 Å². The van der Waals surface area contributed by atoms with Gasteiger partial charge in [-0.15, -0.1) is 0 Å². The van der Waals surface area contributed by atoms with Crippen molar-refractivity contribution in [2.24, 2.45) is 0 Å². The third kappa shape index (κ3) is 805. The van der Waals surface area contributed by atoms with E-state index in [0.29, 0.717) is 0 Å². The van der Waals surface area contributed by atoms with Crippen molar-refractivity contribution in [3.63, 3.8) is 0 Å². The number of hydrogen-bond donors (Lipinski definition) is 0. The van der Waals surface area contributed by atoms with Gasteiger partial charge in [0.15, 0.2) is 0 Å². The number of hydrogen-bond acceptors (Lipinski definition) is 6. The second kappa shape index (κ2) is 11.5. The molecular weight excluding hydrogens is 282 g/mol. The molecule has 0 rings (SSSR count). The van der Waals surface area contributed by atoms with E-state index in [1.807, 2.05) is 0 Å². The molecule has 0 spiro atoms. The van der Waals surface area contributed by atoms with Gasteiger partial charge in [-0.2, -0.15) is 0 Å². The molecule has 6 nitrogen and oxygen atoms in total. The predicted molar refractivity (Wildman–Crippen MR) is 18.6 cm³/mol. The standard InChI is InChI=1S/2H2O3Se.Si/c2*1-4(2)3;/h2*(H2,1,2,3);/q;;+4/p-4. The van der Waals surface area contributed by atoms with E-state index in [0.717, 1.165) is 0 Å². The molecule has 0 aliphatic rings. The van der Waals surface area contributed by atoms with Gasteiger partial charge in [-0.3, -0.25) is 0 Å². The summed E-state index contributed by atoms with van der Waals surface area (Å²) in [6.45, 7) is 0. The first-order chi connectivity index (χ1) is 3.46. The van der Waals surface area contributed by atoms with E-state index in [1.165, 1.54) is 0 Å². The Kier molecular flexibility index (Phi) is 20.9. The van der Waals surface area contributed by atoms with Crippen molar-refractivity contribution in [1.82, 2.24) is 0 Å². The summed E-state index contributed by atoms with van der Waals surface area (Å²) in [6, 6.07) is 0. The van der Waals surface area contributed by atoms with Crippen LogP contribution in [0.5, 0.6) is 0 Å². The van der Waals surface area contributed by atoms with Crippen LogP contribution in [0.2, 0.25) is 0 Å². The Morgan fingerprint density at radius 2 is 0.778 bits per heavy atom. The quantitative estimate of drug-likeness (QED) is 0.407.